The normalized spacial score (nSPS) is 10.7. The zero-order chi connectivity index (χ0) is 37.9. The predicted molar refractivity (Wildman–Crippen MR) is 188 cm³/mol. The molecule has 4 aromatic carbocycles. The topological polar surface area (TPSA) is 164 Å². The largest absolute Gasteiger partial charge is 0.496 e. The molecule has 0 heterocycles. The lowest BCUT2D eigenvalue weighted by Crippen LogP contribution is -2.18. The average molecular weight is 719 g/mol. The van der Waals surface area contributed by atoms with Crippen molar-refractivity contribution in [1.29, 1.82) is 0 Å². The number of carboxylic acids is 2. The molecule has 0 aliphatic carbocycles. The molecule has 0 saturated heterocycles. The number of carboxylic acid groups (broad SMARTS) is 2. The van der Waals surface area contributed by atoms with Crippen molar-refractivity contribution in [2.75, 3.05) is 28.4 Å². The zero-order valence-electron chi connectivity index (χ0n) is 29.8. The average Bonchev–Trinajstić information content (AvgIpc) is 3.10. The second-order valence-corrected chi connectivity index (χ2v) is 12.6. The Hall–Kier alpha value is -5.69. The molecule has 0 aliphatic rings. The van der Waals surface area contributed by atoms with Crippen LogP contribution >= 0.6 is 11.8 Å². The standard InChI is InChI=1S/C38H38O12S/c1-17-19(3)32(21(5)33(47-9)29(17)36(41)42)50-38(44)30-18(2)20(4)31(22(6)34(30)48-10)49-37(43)26-16-24(12-14-28(26)46-8)51-23-11-13-27(45-7)25(15-23)35(39)40/h11-16H,1-10H3,(H,39,40)(H,41,42). The minimum absolute atomic E-state index is 0.00515. The van der Waals surface area contributed by atoms with Crippen LogP contribution in [0, 0.1) is 41.5 Å². The third-order valence-electron chi connectivity index (χ3n) is 8.62. The molecule has 4 aromatic rings. The van der Waals surface area contributed by atoms with Crippen LogP contribution in [0.15, 0.2) is 46.2 Å². The molecule has 2 N–H and O–H groups in total. The van der Waals surface area contributed by atoms with Crippen molar-refractivity contribution in [3.63, 3.8) is 0 Å². The van der Waals surface area contributed by atoms with Crippen LogP contribution in [0.3, 0.4) is 0 Å². The molecule has 4 rings (SSSR count). The fraction of sp³-hybridized carbons (Fsp3) is 0.263. The fourth-order valence-electron chi connectivity index (χ4n) is 5.78. The SMILES string of the molecule is COc1ccc(Sc2ccc(OC)c(C(=O)Oc3c(C)c(C)c(C(=O)Oc4c(C)c(C)c(C(=O)O)c(OC)c4C)c(OC)c3C)c2)cc1C(=O)O. The molecule has 12 nitrogen and oxygen atoms in total. The second kappa shape index (κ2) is 15.5. The van der Waals surface area contributed by atoms with Gasteiger partial charge in [0.1, 0.15) is 56.8 Å². The molecular weight excluding hydrogens is 680 g/mol. The Balaban J connectivity index is 1.71. The molecule has 0 bridgehead atoms. The van der Waals surface area contributed by atoms with Crippen molar-refractivity contribution in [2.24, 2.45) is 0 Å². The summed E-state index contributed by atoms with van der Waals surface area (Å²) < 4.78 is 33.5. The number of methoxy groups -OCH3 is 4. The molecule has 0 aromatic heterocycles. The van der Waals surface area contributed by atoms with Gasteiger partial charge >= 0.3 is 23.9 Å². The molecule has 51 heavy (non-hydrogen) atoms. The van der Waals surface area contributed by atoms with Crippen LogP contribution in [0.2, 0.25) is 0 Å². The second-order valence-electron chi connectivity index (χ2n) is 11.4. The first-order valence-electron chi connectivity index (χ1n) is 15.4. The predicted octanol–water partition coefficient (Wildman–Crippen LogP) is 7.56. The number of hydrogen-bond acceptors (Lipinski definition) is 11. The van der Waals surface area contributed by atoms with Crippen molar-refractivity contribution in [1.82, 2.24) is 0 Å². The summed E-state index contributed by atoms with van der Waals surface area (Å²) >= 11 is 1.23. The van der Waals surface area contributed by atoms with E-state index in [0.29, 0.717) is 43.2 Å². The van der Waals surface area contributed by atoms with Gasteiger partial charge in [0, 0.05) is 20.9 Å². The number of rotatable bonds is 12. The van der Waals surface area contributed by atoms with Crippen molar-refractivity contribution < 1.29 is 57.8 Å². The molecule has 0 radical (unpaired) electrons. The summed E-state index contributed by atoms with van der Waals surface area (Å²) in [4.78, 5) is 52.5. The number of carbonyl (C=O) groups is 4. The maximum Gasteiger partial charge on any atom is 0.347 e. The smallest absolute Gasteiger partial charge is 0.347 e. The number of hydrogen-bond donors (Lipinski definition) is 2. The highest BCUT2D eigenvalue weighted by Crippen LogP contribution is 2.42. The summed E-state index contributed by atoms with van der Waals surface area (Å²) in [6.45, 7) is 9.88. The maximum absolute atomic E-state index is 13.8. The summed E-state index contributed by atoms with van der Waals surface area (Å²) in [6.07, 6.45) is 0. The van der Waals surface area contributed by atoms with E-state index in [1.54, 1.807) is 71.9 Å². The van der Waals surface area contributed by atoms with Gasteiger partial charge in [0.2, 0.25) is 0 Å². The first kappa shape index (κ1) is 38.1. The summed E-state index contributed by atoms with van der Waals surface area (Å²) in [7, 11) is 5.53. The number of aromatic carboxylic acids is 2. The Morgan fingerprint density at radius 1 is 0.490 bits per heavy atom. The minimum atomic E-state index is -1.17. The first-order valence-corrected chi connectivity index (χ1v) is 16.2. The third-order valence-corrected chi connectivity index (χ3v) is 9.60. The molecule has 268 valence electrons. The Morgan fingerprint density at radius 2 is 0.922 bits per heavy atom. The van der Waals surface area contributed by atoms with Gasteiger partial charge in [0.05, 0.1) is 28.4 Å². The van der Waals surface area contributed by atoms with Crippen LogP contribution in [0.5, 0.6) is 34.5 Å². The van der Waals surface area contributed by atoms with Crippen LogP contribution < -0.4 is 28.4 Å². The molecular formula is C38H38O12S. The van der Waals surface area contributed by atoms with Gasteiger partial charge in [-0.2, -0.15) is 0 Å². The molecule has 0 aliphatic heterocycles. The molecule has 0 spiro atoms. The van der Waals surface area contributed by atoms with Gasteiger partial charge in [-0.25, -0.2) is 19.2 Å². The lowest BCUT2D eigenvalue weighted by atomic mass is 9.95. The molecule has 0 fully saturated rings. The summed E-state index contributed by atoms with van der Waals surface area (Å²) in [6, 6.07) is 9.65. The molecule has 0 amide bonds. The Morgan fingerprint density at radius 3 is 1.37 bits per heavy atom. The highest BCUT2D eigenvalue weighted by atomic mass is 32.2. The Bertz CT molecular complexity index is 2080. The molecule has 0 unspecified atom stereocenters. The van der Waals surface area contributed by atoms with Crippen LogP contribution in [0.4, 0.5) is 0 Å². The van der Waals surface area contributed by atoms with E-state index in [0.717, 1.165) is 0 Å². The Labute approximate surface area is 299 Å². The van der Waals surface area contributed by atoms with Gasteiger partial charge in [0.25, 0.3) is 0 Å². The van der Waals surface area contributed by atoms with Crippen molar-refractivity contribution in [3.05, 3.63) is 92.0 Å². The number of carbonyl (C=O) groups excluding carboxylic acids is 2. The van der Waals surface area contributed by atoms with E-state index in [1.807, 2.05) is 0 Å². The van der Waals surface area contributed by atoms with E-state index < -0.39 is 23.9 Å². The molecule has 0 atom stereocenters. The summed E-state index contributed by atoms with van der Waals surface area (Å²) in [5.41, 5.74) is 2.62. The highest BCUT2D eigenvalue weighted by Gasteiger charge is 2.30. The van der Waals surface area contributed by atoms with Crippen molar-refractivity contribution in [3.8, 4) is 34.5 Å². The zero-order valence-corrected chi connectivity index (χ0v) is 30.7. The number of esters is 2. The van der Waals surface area contributed by atoms with E-state index in [1.165, 1.54) is 46.3 Å². The van der Waals surface area contributed by atoms with Crippen LogP contribution in [0.1, 0.15) is 74.8 Å². The van der Waals surface area contributed by atoms with E-state index in [9.17, 15) is 29.4 Å². The van der Waals surface area contributed by atoms with Gasteiger partial charge in [-0.1, -0.05) is 11.8 Å². The van der Waals surface area contributed by atoms with Gasteiger partial charge in [-0.3, -0.25) is 0 Å². The third kappa shape index (κ3) is 7.29. The fourth-order valence-corrected chi connectivity index (χ4v) is 6.67. The van der Waals surface area contributed by atoms with Crippen LogP contribution in [-0.2, 0) is 0 Å². The van der Waals surface area contributed by atoms with Crippen molar-refractivity contribution >= 4 is 35.6 Å². The van der Waals surface area contributed by atoms with E-state index >= 15 is 0 Å². The lowest BCUT2D eigenvalue weighted by molar-refractivity contribution is 0.0680. The van der Waals surface area contributed by atoms with Gasteiger partial charge in [-0.15, -0.1) is 0 Å². The summed E-state index contributed by atoms with van der Waals surface area (Å²) in [5, 5.41) is 19.4. The Kier molecular flexibility index (Phi) is 11.6. The van der Waals surface area contributed by atoms with E-state index in [2.05, 4.69) is 0 Å². The monoisotopic (exact) mass is 718 g/mol. The first-order chi connectivity index (χ1) is 24.1. The number of ether oxygens (including phenoxy) is 6. The highest BCUT2D eigenvalue weighted by molar-refractivity contribution is 7.99. The van der Waals surface area contributed by atoms with Crippen LogP contribution in [0.25, 0.3) is 0 Å². The van der Waals surface area contributed by atoms with Gasteiger partial charge in [-0.05, 0) is 100 Å². The quantitative estimate of drug-likeness (QED) is 0.109. The summed E-state index contributed by atoms with van der Waals surface area (Å²) in [5.74, 6) is -2.82. The van der Waals surface area contributed by atoms with Gasteiger partial charge in [0.15, 0.2) is 0 Å². The van der Waals surface area contributed by atoms with E-state index in [-0.39, 0.29) is 56.8 Å². The van der Waals surface area contributed by atoms with Gasteiger partial charge < -0.3 is 38.6 Å². The molecule has 13 heteroatoms. The van der Waals surface area contributed by atoms with E-state index in [4.69, 9.17) is 28.4 Å². The lowest BCUT2D eigenvalue weighted by Gasteiger charge is -2.22. The maximum atomic E-state index is 13.8. The van der Waals surface area contributed by atoms with Crippen molar-refractivity contribution in [2.45, 2.75) is 51.3 Å². The molecule has 0 saturated carbocycles. The van der Waals surface area contributed by atoms with Crippen LogP contribution in [-0.4, -0.2) is 62.5 Å². The minimum Gasteiger partial charge on any atom is -0.496 e. The number of benzene rings is 4.